The topological polar surface area (TPSA) is 15.3 Å². The third-order valence-corrected chi connectivity index (χ3v) is 1.72. The third-order valence-electron chi connectivity index (χ3n) is 1.72. The summed E-state index contributed by atoms with van der Waals surface area (Å²) in [4.78, 5) is 2.24. The zero-order chi connectivity index (χ0) is 8.69. The van der Waals surface area contributed by atoms with E-state index in [1.807, 2.05) is 0 Å². The third kappa shape index (κ3) is 6.32. The van der Waals surface area contributed by atoms with Crippen LogP contribution in [0.15, 0.2) is 0 Å². The van der Waals surface area contributed by atoms with Crippen LogP contribution in [0.25, 0.3) is 0 Å². The molecule has 0 aliphatic carbocycles. The molecule has 2 heteroatoms. The van der Waals surface area contributed by atoms with Crippen LogP contribution in [0.2, 0.25) is 0 Å². The average Bonchev–Trinajstić information content (AvgIpc) is 1.87. The summed E-state index contributed by atoms with van der Waals surface area (Å²) in [5.41, 5.74) is 0. The monoisotopic (exact) mass is 158 g/mol. The average molecular weight is 158 g/mol. The fraction of sp³-hybridized carbons (Fsp3) is 1.00. The summed E-state index contributed by atoms with van der Waals surface area (Å²) in [5.74, 6) is 0. The van der Waals surface area contributed by atoms with Gasteiger partial charge in [-0.15, -0.1) is 0 Å². The van der Waals surface area contributed by atoms with Gasteiger partial charge in [-0.25, -0.2) is 0 Å². The Kier molecular flexibility index (Phi) is 6.57. The molecule has 0 aromatic rings. The molecule has 0 aromatic heterocycles. The van der Waals surface area contributed by atoms with E-state index in [1.54, 1.807) is 0 Å². The molecule has 0 aromatic carbocycles. The molecule has 1 unspecified atom stereocenters. The summed E-state index contributed by atoms with van der Waals surface area (Å²) >= 11 is 0. The van der Waals surface area contributed by atoms with Crippen LogP contribution in [0, 0.1) is 0 Å². The van der Waals surface area contributed by atoms with Crippen molar-refractivity contribution in [3.8, 4) is 0 Å². The lowest BCUT2D eigenvalue weighted by atomic mass is 10.1. The van der Waals surface area contributed by atoms with E-state index in [4.69, 9.17) is 0 Å². The minimum Gasteiger partial charge on any atom is -0.313 e. The molecule has 2 nitrogen and oxygen atoms in total. The van der Waals surface area contributed by atoms with E-state index in [0.717, 1.165) is 13.1 Å². The van der Waals surface area contributed by atoms with Crippen molar-refractivity contribution in [1.82, 2.24) is 10.2 Å². The molecule has 0 rings (SSSR count). The van der Waals surface area contributed by atoms with E-state index in [-0.39, 0.29) is 0 Å². The van der Waals surface area contributed by atoms with Crippen molar-refractivity contribution in [3.63, 3.8) is 0 Å². The molecular weight excluding hydrogens is 136 g/mol. The first kappa shape index (κ1) is 10.9. The molecule has 0 radical (unpaired) electrons. The highest BCUT2D eigenvalue weighted by molar-refractivity contribution is 4.67. The van der Waals surface area contributed by atoms with Crippen molar-refractivity contribution in [2.24, 2.45) is 0 Å². The van der Waals surface area contributed by atoms with Gasteiger partial charge in [0, 0.05) is 12.6 Å². The van der Waals surface area contributed by atoms with Gasteiger partial charge in [-0.3, -0.25) is 0 Å². The molecule has 68 valence electrons. The van der Waals surface area contributed by atoms with Crippen molar-refractivity contribution in [2.45, 2.75) is 32.7 Å². The Morgan fingerprint density at radius 2 is 1.91 bits per heavy atom. The van der Waals surface area contributed by atoms with Gasteiger partial charge >= 0.3 is 0 Å². The molecule has 0 aliphatic heterocycles. The maximum absolute atomic E-state index is 3.47. The fourth-order valence-corrected chi connectivity index (χ4v) is 1.34. The molecule has 0 fully saturated rings. The van der Waals surface area contributed by atoms with Gasteiger partial charge in [0.25, 0.3) is 0 Å². The number of hydrogen-bond donors (Lipinski definition) is 1. The molecule has 0 spiro atoms. The summed E-state index contributed by atoms with van der Waals surface area (Å²) in [6.45, 7) is 6.64. The first-order chi connectivity index (χ1) is 5.20. The summed E-state index contributed by atoms with van der Waals surface area (Å²) in [6, 6.07) is 0.681. The maximum Gasteiger partial charge on any atom is 0.0194 e. The zero-order valence-corrected chi connectivity index (χ0v) is 8.35. The number of nitrogens with one attached hydrogen (secondary N) is 1. The van der Waals surface area contributed by atoms with Crippen LogP contribution in [0.1, 0.15) is 26.7 Å². The quantitative estimate of drug-likeness (QED) is 0.627. The predicted molar refractivity (Wildman–Crippen MR) is 50.9 cm³/mol. The van der Waals surface area contributed by atoms with Crippen molar-refractivity contribution < 1.29 is 0 Å². The molecule has 0 aliphatic rings. The predicted octanol–water partition coefficient (Wildman–Crippen LogP) is 1.33. The van der Waals surface area contributed by atoms with Crippen LogP contribution in [-0.4, -0.2) is 38.1 Å². The highest BCUT2D eigenvalue weighted by atomic mass is 15.1. The Bertz CT molecular complexity index is 75.6. The SMILES string of the molecule is CCCC(CN(C)C)NCC. The van der Waals surface area contributed by atoms with E-state index in [0.29, 0.717) is 6.04 Å². The highest BCUT2D eigenvalue weighted by Gasteiger charge is 2.05. The molecule has 1 atom stereocenters. The molecule has 0 heterocycles. The lowest BCUT2D eigenvalue weighted by Gasteiger charge is -2.20. The minimum atomic E-state index is 0.681. The van der Waals surface area contributed by atoms with Gasteiger partial charge < -0.3 is 10.2 Å². The molecule has 0 saturated heterocycles. The molecule has 11 heavy (non-hydrogen) atoms. The second-order valence-corrected chi connectivity index (χ2v) is 3.31. The number of likely N-dealkylation sites (N-methyl/N-ethyl adjacent to an activating group) is 2. The Labute approximate surface area is 71.0 Å². The standard InChI is InChI=1S/C9H22N2/c1-5-7-9(10-6-2)8-11(3)4/h9-10H,5-8H2,1-4H3. The lowest BCUT2D eigenvalue weighted by Crippen LogP contribution is -2.37. The Balaban J connectivity index is 3.50. The highest BCUT2D eigenvalue weighted by Crippen LogP contribution is 1.97. The second kappa shape index (κ2) is 6.62. The zero-order valence-electron chi connectivity index (χ0n) is 8.35. The van der Waals surface area contributed by atoms with Crippen molar-refractivity contribution in [2.75, 3.05) is 27.2 Å². The minimum absolute atomic E-state index is 0.681. The van der Waals surface area contributed by atoms with Gasteiger partial charge in [0.1, 0.15) is 0 Å². The van der Waals surface area contributed by atoms with Crippen LogP contribution >= 0.6 is 0 Å². The first-order valence-electron chi connectivity index (χ1n) is 4.58. The van der Waals surface area contributed by atoms with Gasteiger partial charge in [0.05, 0.1) is 0 Å². The Morgan fingerprint density at radius 3 is 2.27 bits per heavy atom. The van der Waals surface area contributed by atoms with Crippen LogP contribution < -0.4 is 5.32 Å². The van der Waals surface area contributed by atoms with Gasteiger partial charge in [0.2, 0.25) is 0 Å². The van der Waals surface area contributed by atoms with E-state index in [9.17, 15) is 0 Å². The number of nitrogens with zero attached hydrogens (tertiary/aromatic N) is 1. The Morgan fingerprint density at radius 1 is 1.27 bits per heavy atom. The summed E-state index contributed by atoms with van der Waals surface area (Å²) in [7, 11) is 4.25. The summed E-state index contributed by atoms with van der Waals surface area (Å²) < 4.78 is 0. The van der Waals surface area contributed by atoms with E-state index in [2.05, 4.69) is 38.2 Å². The molecule has 0 saturated carbocycles. The van der Waals surface area contributed by atoms with Crippen molar-refractivity contribution in [3.05, 3.63) is 0 Å². The lowest BCUT2D eigenvalue weighted by molar-refractivity contribution is 0.328. The largest absolute Gasteiger partial charge is 0.313 e. The van der Waals surface area contributed by atoms with Gasteiger partial charge in [0.15, 0.2) is 0 Å². The summed E-state index contributed by atoms with van der Waals surface area (Å²) in [5, 5.41) is 3.47. The van der Waals surface area contributed by atoms with E-state index in [1.165, 1.54) is 12.8 Å². The van der Waals surface area contributed by atoms with Crippen LogP contribution in [0.3, 0.4) is 0 Å². The summed E-state index contributed by atoms with van der Waals surface area (Å²) in [6.07, 6.45) is 2.55. The molecule has 1 N–H and O–H groups in total. The normalized spacial score (nSPS) is 13.9. The smallest absolute Gasteiger partial charge is 0.0194 e. The van der Waals surface area contributed by atoms with E-state index < -0.39 is 0 Å². The van der Waals surface area contributed by atoms with Crippen molar-refractivity contribution in [1.29, 1.82) is 0 Å². The van der Waals surface area contributed by atoms with Crippen LogP contribution in [-0.2, 0) is 0 Å². The van der Waals surface area contributed by atoms with Crippen LogP contribution in [0.4, 0.5) is 0 Å². The number of rotatable bonds is 6. The Hall–Kier alpha value is -0.0800. The number of hydrogen-bond acceptors (Lipinski definition) is 2. The van der Waals surface area contributed by atoms with Crippen LogP contribution in [0.5, 0.6) is 0 Å². The fourth-order valence-electron chi connectivity index (χ4n) is 1.34. The molecule has 0 bridgehead atoms. The second-order valence-electron chi connectivity index (χ2n) is 3.31. The van der Waals surface area contributed by atoms with Crippen molar-refractivity contribution >= 4 is 0 Å². The van der Waals surface area contributed by atoms with E-state index >= 15 is 0 Å². The van der Waals surface area contributed by atoms with Gasteiger partial charge in [-0.1, -0.05) is 20.3 Å². The molecular formula is C9H22N2. The maximum atomic E-state index is 3.47. The first-order valence-corrected chi connectivity index (χ1v) is 4.58. The van der Waals surface area contributed by atoms with Gasteiger partial charge in [-0.2, -0.15) is 0 Å². The molecule has 0 amide bonds. The van der Waals surface area contributed by atoms with Gasteiger partial charge in [-0.05, 0) is 27.1 Å².